The normalized spacial score (nSPS) is 19.6. The minimum Gasteiger partial charge on any atom is -0.312 e. The van der Waals surface area contributed by atoms with Crippen LogP contribution >= 0.6 is 0 Å². The predicted molar refractivity (Wildman–Crippen MR) is 348 cm³/mol. The Morgan fingerprint density at radius 2 is 0.605 bits per heavy atom. The van der Waals surface area contributed by atoms with Crippen molar-refractivity contribution in [1.29, 1.82) is 0 Å². The molecule has 8 aliphatic rings. The van der Waals surface area contributed by atoms with E-state index in [0.29, 0.717) is 12.1 Å². The minimum absolute atomic E-state index is 0.685. The molecule has 6 aliphatic heterocycles. The maximum atomic E-state index is 2.52. The first-order chi connectivity index (χ1) is 35.9. The molecule has 76 heavy (non-hydrogen) atoms. The van der Waals surface area contributed by atoms with Crippen LogP contribution in [0.2, 0.25) is 0 Å². The molecule has 0 N–H and O–H groups in total. The second kappa shape index (κ2) is 57.7. The summed E-state index contributed by atoms with van der Waals surface area (Å²) in [6.07, 6.45) is 23.0. The number of hydrogen-bond donors (Lipinski definition) is 0. The lowest BCUT2D eigenvalue weighted by molar-refractivity contribution is 0.192. The van der Waals surface area contributed by atoms with Gasteiger partial charge in [-0.3, -0.25) is 0 Å². The van der Waals surface area contributed by atoms with Gasteiger partial charge < -0.3 is 58.8 Å². The van der Waals surface area contributed by atoms with Crippen LogP contribution in [0.15, 0.2) is 0 Å². The van der Waals surface area contributed by atoms with E-state index >= 15 is 0 Å². The Hall–Kier alpha value is -0.480. The van der Waals surface area contributed by atoms with Crippen LogP contribution in [0, 0.1) is 11.8 Å². The lowest BCUT2D eigenvalue weighted by Gasteiger charge is -2.28. The van der Waals surface area contributed by atoms with Gasteiger partial charge in [-0.25, -0.2) is 0 Å². The van der Waals surface area contributed by atoms with E-state index in [-0.39, 0.29) is 0 Å². The van der Waals surface area contributed by atoms with Crippen molar-refractivity contribution in [3.8, 4) is 0 Å². The summed E-state index contributed by atoms with van der Waals surface area (Å²) in [5, 5.41) is 0. The molecule has 12 heteroatoms. The second-order valence-electron chi connectivity index (χ2n) is 24.9. The number of hydrogen-bond acceptors (Lipinski definition) is 12. The maximum Gasteiger partial charge on any atom is 0.00354 e. The molecule has 0 amide bonds. The van der Waals surface area contributed by atoms with E-state index in [4.69, 9.17) is 0 Å². The molecule has 2 saturated carbocycles. The van der Waals surface area contributed by atoms with E-state index in [2.05, 4.69) is 201 Å². The van der Waals surface area contributed by atoms with Gasteiger partial charge in [-0.05, 0) is 346 Å². The average molecular weight is 1090 g/mol. The van der Waals surface area contributed by atoms with Crippen molar-refractivity contribution in [2.45, 2.75) is 184 Å². The topological polar surface area (TPSA) is 38.9 Å². The zero-order valence-electron chi connectivity index (χ0n) is 57.1. The van der Waals surface area contributed by atoms with Gasteiger partial charge in [-0.15, -0.1) is 0 Å². The van der Waals surface area contributed by atoms with Gasteiger partial charge in [-0.1, -0.05) is 54.4 Å². The third-order valence-electron chi connectivity index (χ3n) is 15.1. The zero-order valence-corrected chi connectivity index (χ0v) is 57.1. The lowest BCUT2D eigenvalue weighted by Crippen LogP contribution is -2.36. The number of likely N-dealkylation sites (tertiary alicyclic amines) is 6. The molecule has 0 bridgehead atoms. The zero-order chi connectivity index (χ0) is 58.7. The van der Waals surface area contributed by atoms with E-state index in [0.717, 1.165) is 24.9 Å². The van der Waals surface area contributed by atoms with Crippen molar-refractivity contribution in [2.24, 2.45) is 11.8 Å². The van der Waals surface area contributed by atoms with Crippen molar-refractivity contribution in [1.82, 2.24) is 58.8 Å². The highest BCUT2D eigenvalue weighted by atomic mass is 15.2. The molecule has 0 radical (unpaired) electrons. The van der Waals surface area contributed by atoms with Gasteiger partial charge in [0.2, 0.25) is 0 Å². The van der Waals surface area contributed by atoms with E-state index in [1.54, 1.807) is 0 Å². The fraction of sp³-hybridized carbons (Fsp3) is 1.00. The lowest BCUT2D eigenvalue weighted by atomic mass is 10.1. The number of rotatable bonds is 12. The van der Waals surface area contributed by atoms with Crippen molar-refractivity contribution in [2.75, 3.05) is 230 Å². The summed E-state index contributed by atoms with van der Waals surface area (Å²) in [6.45, 7) is 47.8. The van der Waals surface area contributed by atoms with Crippen LogP contribution in [-0.4, -0.2) is 300 Å². The maximum absolute atomic E-state index is 2.52. The van der Waals surface area contributed by atoms with Crippen LogP contribution in [0.3, 0.4) is 0 Å². The molecule has 0 aromatic carbocycles. The molecular weight excluding hydrogens is 937 g/mol. The second-order valence-corrected chi connectivity index (χ2v) is 24.9. The summed E-state index contributed by atoms with van der Waals surface area (Å²) < 4.78 is 0. The highest BCUT2D eigenvalue weighted by molar-refractivity contribution is 4.76. The Bertz CT molecular complexity index is 1050. The van der Waals surface area contributed by atoms with Crippen molar-refractivity contribution < 1.29 is 0 Å². The van der Waals surface area contributed by atoms with Gasteiger partial charge in [0.25, 0.3) is 0 Å². The van der Waals surface area contributed by atoms with E-state index < -0.39 is 0 Å². The predicted octanol–water partition coefficient (Wildman–Crippen LogP) is 10.8. The van der Waals surface area contributed by atoms with Crippen molar-refractivity contribution >= 4 is 0 Å². The third-order valence-corrected chi connectivity index (χ3v) is 15.1. The molecule has 464 valence electrons. The molecular formula is C64H148N12. The highest BCUT2D eigenvalue weighted by Crippen LogP contribution is 2.29. The fourth-order valence-corrected chi connectivity index (χ4v) is 7.53. The Morgan fingerprint density at radius 3 is 0.724 bits per heavy atom. The summed E-state index contributed by atoms with van der Waals surface area (Å²) in [7, 11) is 29.4. The summed E-state index contributed by atoms with van der Waals surface area (Å²) in [6, 6.07) is 1.38. The Balaban J connectivity index is -0.000000374. The van der Waals surface area contributed by atoms with Crippen LogP contribution in [0.5, 0.6) is 0 Å². The first-order valence-corrected chi connectivity index (χ1v) is 32.1. The molecule has 0 aromatic rings. The molecule has 8 fully saturated rings. The van der Waals surface area contributed by atoms with E-state index in [1.807, 2.05) is 26.0 Å². The third kappa shape index (κ3) is 67.8. The van der Waals surface area contributed by atoms with Gasteiger partial charge in [-0.2, -0.15) is 0 Å². The SMILES string of the molecule is CC(C)N(C)C.CCN(C)C.CCN(C)C(C)C.CCN(C)CC1CC1.CCN1CCC1.CCN1CCCC1.CCN1CCCCC1.CN(C)C.CN(C)CC1CC1.CN1CCC1.CN1CCCC1.CN1CCCCC1. The van der Waals surface area contributed by atoms with Crippen LogP contribution < -0.4 is 0 Å². The van der Waals surface area contributed by atoms with E-state index in [1.165, 1.54) is 221 Å². The molecule has 0 aromatic heterocycles. The van der Waals surface area contributed by atoms with Gasteiger partial charge >= 0.3 is 0 Å². The largest absolute Gasteiger partial charge is 0.312 e. The van der Waals surface area contributed by atoms with E-state index in [9.17, 15) is 0 Å². The van der Waals surface area contributed by atoms with Crippen molar-refractivity contribution in [3.05, 3.63) is 0 Å². The molecule has 6 heterocycles. The van der Waals surface area contributed by atoms with Crippen LogP contribution in [-0.2, 0) is 0 Å². The van der Waals surface area contributed by atoms with Gasteiger partial charge in [0.1, 0.15) is 0 Å². The number of nitrogens with zero attached hydrogens (tertiary/aromatic N) is 12. The van der Waals surface area contributed by atoms with Crippen LogP contribution in [0.4, 0.5) is 0 Å². The average Bonchev–Trinajstić information content (AvgIpc) is 4.25. The standard InChI is InChI=1S/2C7H15N.3C6H13N.C6H15N.2C5H11N.C5H13N.C4H9N.C4H11N.C3H9N/c1-3-8(2)6-7-4-5-7;1-2-8-6-4-3-5-7-8;1-7(2)5-6-3-4-6;1-7-5-3-2-4-6-7;1-2-7-5-3-4-6-7;1-5-7(4)6(2)3;1-6-4-2-3-5-6;1-2-6-4-3-5-6;1-5(2)6(3)4;1-5-3-2-4-5;1-4-5(2)3;1-4(2)3/h7H,3-6H2,1-2H3;2-7H2,1H3;6H,3-5H2,1-2H3;2*2-6H2,1H3;6H,5H2,1-4H3;2*2-5H2,1H3;5H,1-4H3;2-4H2,1H3;4H2,1-3H3;1-3H3. The molecule has 6 saturated heterocycles. The summed E-state index contributed by atoms with van der Waals surface area (Å²) >= 11 is 0. The van der Waals surface area contributed by atoms with Crippen LogP contribution in [0.25, 0.3) is 0 Å². The molecule has 0 spiro atoms. The smallest absolute Gasteiger partial charge is 0.00354 e. The summed E-state index contributed by atoms with van der Waals surface area (Å²) in [5.74, 6) is 2.11. The summed E-state index contributed by atoms with van der Waals surface area (Å²) in [5.41, 5.74) is 0. The Labute approximate surface area is 482 Å². The van der Waals surface area contributed by atoms with Crippen molar-refractivity contribution in [3.63, 3.8) is 0 Å². The Morgan fingerprint density at radius 1 is 0.342 bits per heavy atom. The van der Waals surface area contributed by atoms with Gasteiger partial charge in [0, 0.05) is 25.2 Å². The molecule has 0 unspecified atom stereocenters. The molecule has 12 nitrogen and oxygen atoms in total. The summed E-state index contributed by atoms with van der Waals surface area (Å²) in [4.78, 5) is 27.7. The minimum atomic E-state index is 0.685. The quantitative estimate of drug-likeness (QED) is 0.187. The molecule has 8 rings (SSSR count). The highest BCUT2D eigenvalue weighted by Gasteiger charge is 2.22. The fourth-order valence-electron chi connectivity index (χ4n) is 7.53. The van der Waals surface area contributed by atoms with Gasteiger partial charge in [0.15, 0.2) is 0 Å². The van der Waals surface area contributed by atoms with Gasteiger partial charge in [0.05, 0.1) is 0 Å². The first-order valence-electron chi connectivity index (χ1n) is 32.1. The molecule has 0 atom stereocenters. The number of piperidine rings is 2. The molecule has 2 aliphatic carbocycles. The Kier molecular flexibility index (Phi) is 62.3. The monoisotopic (exact) mass is 1090 g/mol. The van der Waals surface area contributed by atoms with Crippen LogP contribution in [0.1, 0.15) is 172 Å². The first kappa shape index (κ1) is 82.0.